The Morgan fingerprint density at radius 3 is 1.87 bits per heavy atom. The molecule has 226 valence electrons. The molecule has 7 aliphatic carbocycles. The van der Waals surface area contributed by atoms with Crippen molar-refractivity contribution in [1.29, 1.82) is 0 Å². The van der Waals surface area contributed by atoms with Crippen molar-refractivity contribution in [3.05, 3.63) is 138 Å². The molecule has 0 unspecified atom stereocenters. The molecule has 0 heterocycles. The van der Waals surface area contributed by atoms with Crippen molar-refractivity contribution in [2.45, 2.75) is 68.6 Å². The normalized spacial score (nSPS) is 28.3. The maximum Gasteiger partial charge on any atom is 0.0543 e. The van der Waals surface area contributed by atoms with E-state index in [2.05, 4.69) is 120 Å². The first-order chi connectivity index (χ1) is 22.8. The average Bonchev–Trinajstić information content (AvgIpc) is 3.78. The van der Waals surface area contributed by atoms with Crippen LogP contribution in [0.15, 0.2) is 115 Å². The largest absolute Gasteiger partial charge is 0.310 e. The van der Waals surface area contributed by atoms with Gasteiger partial charge in [-0.1, -0.05) is 97.8 Å². The lowest BCUT2D eigenvalue weighted by molar-refractivity contribution is -0.0399. The van der Waals surface area contributed by atoms with E-state index in [4.69, 9.17) is 0 Å². The van der Waals surface area contributed by atoms with E-state index in [1.54, 1.807) is 22.3 Å². The molecule has 1 nitrogen and oxygen atoms in total. The number of anilines is 3. The third-order valence-electron chi connectivity index (χ3n) is 13.8. The van der Waals surface area contributed by atoms with Gasteiger partial charge in [-0.3, -0.25) is 0 Å². The fourth-order valence-electron chi connectivity index (χ4n) is 12.5. The van der Waals surface area contributed by atoms with E-state index in [1.165, 1.54) is 97.1 Å². The van der Waals surface area contributed by atoms with Crippen molar-refractivity contribution < 1.29 is 0 Å². The molecule has 2 spiro atoms. The zero-order valence-electron chi connectivity index (χ0n) is 26.6. The van der Waals surface area contributed by atoms with Crippen LogP contribution in [0.5, 0.6) is 0 Å². The molecule has 0 aromatic heterocycles. The zero-order chi connectivity index (χ0) is 30.0. The summed E-state index contributed by atoms with van der Waals surface area (Å²) in [6, 6.07) is 44.9. The lowest BCUT2D eigenvalue weighted by atomic mass is 9.43. The molecule has 0 amide bonds. The Hall–Kier alpha value is -4.10. The third-order valence-corrected chi connectivity index (χ3v) is 13.8. The Kier molecular flexibility index (Phi) is 5.23. The fourth-order valence-corrected chi connectivity index (χ4v) is 12.5. The van der Waals surface area contributed by atoms with E-state index in [-0.39, 0.29) is 10.8 Å². The Labute approximate surface area is 273 Å². The minimum atomic E-state index is 0.161. The van der Waals surface area contributed by atoms with Crippen molar-refractivity contribution in [3.63, 3.8) is 0 Å². The molecule has 1 heteroatoms. The Balaban J connectivity index is 1.16. The topological polar surface area (TPSA) is 3.24 Å². The van der Waals surface area contributed by atoms with Crippen molar-refractivity contribution in [2.75, 3.05) is 4.90 Å². The lowest BCUT2D eigenvalue weighted by Crippen LogP contribution is -2.55. The Bertz CT molecular complexity index is 2000. The second-order valence-electron chi connectivity index (χ2n) is 15.7. The van der Waals surface area contributed by atoms with Gasteiger partial charge in [0.1, 0.15) is 0 Å². The van der Waals surface area contributed by atoms with E-state index < -0.39 is 0 Å². The van der Waals surface area contributed by atoms with Gasteiger partial charge in [0.2, 0.25) is 0 Å². The number of hydrogen-bond acceptors (Lipinski definition) is 1. The van der Waals surface area contributed by atoms with E-state index in [0.29, 0.717) is 0 Å². The van der Waals surface area contributed by atoms with Crippen LogP contribution >= 0.6 is 0 Å². The van der Waals surface area contributed by atoms with Gasteiger partial charge in [-0.2, -0.15) is 0 Å². The Morgan fingerprint density at radius 2 is 1.11 bits per heavy atom. The average molecular weight is 596 g/mol. The molecule has 12 rings (SSSR count). The maximum atomic E-state index is 2.66. The van der Waals surface area contributed by atoms with Crippen molar-refractivity contribution in [1.82, 2.24) is 0 Å². The van der Waals surface area contributed by atoms with Crippen LogP contribution in [0.3, 0.4) is 0 Å². The predicted molar refractivity (Wildman–Crippen MR) is 189 cm³/mol. The molecule has 5 fully saturated rings. The summed E-state index contributed by atoms with van der Waals surface area (Å²) in [5.41, 5.74) is 16.5. The van der Waals surface area contributed by atoms with Gasteiger partial charge >= 0.3 is 0 Å². The summed E-state index contributed by atoms with van der Waals surface area (Å²) in [5, 5.41) is 0. The summed E-state index contributed by atoms with van der Waals surface area (Å²) >= 11 is 0. The maximum absolute atomic E-state index is 2.66. The number of nitrogens with zero attached hydrogens (tertiary/aromatic N) is 1. The van der Waals surface area contributed by atoms with Crippen LogP contribution in [0.1, 0.15) is 80.0 Å². The lowest BCUT2D eigenvalue weighted by Gasteiger charge is -2.61. The molecule has 46 heavy (non-hydrogen) atoms. The SMILES string of the molecule is c1ccc(N(c2ccc3c(c2)C2(c4ccccc4-3)C3CC4CC(C3)CC2C4)c2cccc3c2-c2ccccc2C32CCCC2)cc1. The smallest absolute Gasteiger partial charge is 0.0543 e. The molecule has 0 N–H and O–H groups in total. The zero-order valence-corrected chi connectivity index (χ0v) is 26.6. The summed E-state index contributed by atoms with van der Waals surface area (Å²) in [6.45, 7) is 0. The van der Waals surface area contributed by atoms with Gasteiger partial charge in [0, 0.05) is 27.8 Å². The minimum Gasteiger partial charge on any atom is -0.310 e. The van der Waals surface area contributed by atoms with Gasteiger partial charge in [-0.05, 0) is 138 Å². The van der Waals surface area contributed by atoms with Crippen molar-refractivity contribution in [3.8, 4) is 22.3 Å². The second kappa shape index (κ2) is 9.25. The summed E-state index contributed by atoms with van der Waals surface area (Å²) in [7, 11) is 0. The standard InChI is InChI=1S/C45H41N/c1-2-11-33(12-3-1)46(42-18-10-17-40-43(42)37-14-5-6-15-38(37)44(40)21-8-9-22-44)34-19-20-36-35-13-4-7-16-39(35)45(41(36)28-34)31-24-29-23-30(26-31)27-32(45)25-29/h1-7,10-20,28-32H,8-9,21-27H2. The minimum absolute atomic E-state index is 0.161. The van der Waals surface area contributed by atoms with E-state index in [0.717, 1.165) is 23.7 Å². The quantitative estimate of drug-likeness (QED) is 0.201. The van der Waals surface area contributed by atoms with Crippen LogP contribution in [-0.4, -0.2) is 0 Å². The van der Waals surface area contributed by atoms with E-state index >= 15 is 0 Å². The van der Waals surface area contributed by atoms with Gasteiger partial charge in [0.25, 0.3) is 0 Å². The molecule has 5 saturated carbocycles. The van der Waals surface area contributed by atoms with E-state index in [1.807, 2.05) is 0 Å². The number of hydrogen-bond donors (Lipinski definition) is 0. The van der Waals surface area contributed by atoms with Crippen LogP contribution < -0.4 is 4.90 Å². The highest BCUT2D eigenvalue weighted by Gasteiger charge is 2.61. The molecule has 0 aliphatic heterocycles. The highest BCUT2D eigenvalue weighted by Crippen LogP contribution is 2.70. The fraction of sp³-hybridized carbons (Fsp3) is 0.333. The first-order valence-electron chi connectivity index (χ1n) is 18.1. The van der Waals surface area contributed by atoms with Gasteiger partial charge < -0.3 is 4.90 Å². The van der Waals surface area contributed by atoms with Crippen molar-refractivity contribution >= 4 is 17.1 Å². The van der Waals surface area contributed by atoms with Crippen molar-refractivity contribution in [2.24, 2.45) is 23.7 Å². The molecule has 7 aliphatic rings. The highest BCUT2D eigenvalue weighted by molar-refractivity contribution is 5.96. The van der Waals surface area contributed by atoms with Crippen LogP contribution in [0.4, 0.5) is 17.1 Å². The molecular formula is C45H41N. The molecule has 0 atom stereocenters. The third kappa shape index (κ3) is 3.17. The molecule has 5 aromatic rings. The van der Waals surface area contributed by atoms with Crippen LogP contribution in [0.2, 0.25) is 0 Å². The molecule has 0 saturated heterocycles. The van der Waals surface area contributed by atoms with Crippen LogP contribution in [-0.2, 0) is 10.8 Å². The first kappa shape index (κ1) is 26.0. The predicted octanol–water partition coefficient (Wildman–Crippen LogP) is 11.7. The summed E-state index contributed by atoms with van der Waals surface area (Å²) in [4.78, 5) is 2.61. The number of fused-ring (bicyclic) bond motifs is 8. The van der Waals surface area contributed by atoms with Crippen LogP contribution in [0.25, 0.3) is 22.3 Å². The molecule has 4 bridgehead atoms. The summed E-state index contributed by atoms with van der Waals surface area (Å²) < 4.78 is 0. The monoisotopic (exact) mass is 595 g/mol. The van der Waals surface area contributed by atoms with Gasteiger partial charge in [-0.25, -0.2) is 0 Å². The van der Waals surface area contributed by atoms with E-state index in [9.17, 15) is 0 Å². The second-order valence-corrected chi connectivity index (χ2v) is 15.7. The summed E-state index contributed by atoms with van der Waals surface area (Å²) in [6.07, 6.45) is 12.3. The number of benzene rings is 5. The Morgan fingerprint density at radius 1 is 0.478 bits per heavy atom. The van der Waals surface area contributed by atoms with Crippen LogP contribution in [0, 0.1) is 23.7 Å². The molecule has 0 radical (unpaired) electrons. The van der Waals surface area contributed by atoms with Gasteiger partial charge in [-0.15, -0.1) is 0 Å². The van der Waals surface area contributed by atoms with Gasteiger partial charge in [0.05, 0.1) is 5.69 Å². The summed E-state index contributed by atoms with van der Waals surface area (Å²) in [5.74, 6) is 3.43. The molecular weight excluding hydrogens is 555 g/mol. The number of rotatable bonds is 3. The highest BCUT2D eigenvalue weighted by atomic mass is 15.1. The number of para-hydroxylation sites is 1. The molecule has 5 aromatic carbocycles. The first-order valence-corrected chi connectivity index (χ1v) is 18.1. The van der Waals surface area contributed by atoms with Gasteiger partial charge in [0.15, 0.2) is 0 Å².